The molecule has 0 heterocycles. The van der Waals surface area contributed by atoms with Gasteiger partial charge in [-0.15, -0.1) is 0 Å². The molecule has 2 aromatic rings. The van der Waals surface area contributed by atoms with E-state index in [1.807, 2.05) is 24.3 Å². The molecule has 7 heteroatoms. The first-order chi connectivity index (χ1) is 11.6. The molecule has 0 aliphatic rings. The van der Waals surface area contributed by atoms with E-state index in [1.54, 1.807) is 31.4 Å². The maximum Gasteiger partial charge on any atom is 0.277 e. The normalized spacial score (nSPS) is 10.2. The maximum absolute atomic E-state index is 11.7. The maximum atomic E-state index is 11.7. The van der Waals surface area contributed by atoms with Crippen LogP contribution < -0.4 is 14.9 Å². The lowest BCUT2D eigenvalue weighted by Crippen LogP contribution is -2.24. The van der Waals surface area contributed by atoms with Crippen LogP contribution in [0, 0.1) is 14.9 Å². The number of ether oxygens (including phenoxy) is 2. The molecule has 0 bridgehead atoms. The van der Waals surface area contributed by atoms with Gasteiger partial charge in [-0.3, -0.25) is 4.79 Å². The Morgan fingerprint density at radius 3 is 2.83 bits per heavy atom. The van der Waals surface area contributed by atoms with Gasteiger partial charge in [-0.1, -0.05) is 12.1 Å². The van der Waals surface area contributed by atoms with Crippen LogP contribution in [0.1, 0.15) is 11.1 Å². The molecule has 2 aromatic carbocycles. The van der Waals surface area contributed by atoms with E-state index in [9.17, 15) is 4.79 Å². The van der Waals surface area contributed by atoms with E-state index in [2.05, 4.69) is 33.1 Å². The first-order valence-corrected chi connectivity index (χ1v) is 7.99. The molecule has 0 radical (unpaired) electrons. The van der Waals surface area contributed by atoms with Crippen molar-refractivity contribution in [2.75, 3.05) is 13.7 Å². The Balaban J connectivity index is 1.87. The van der Waals surface area contributed by atoms with Crippen molar-refractivity contribution in [1.82, 2.24) is 5.43 Å². The van der Waals surface area contributed by atoms with Gasteiger partial charge in [-0.05, 0) is 58.5 Å². The highest BCUT2D eigenvalue weighted by Gasteiger charge is 2.05. The van der Waals surface area contributed by atoms with Gasteiger partial charge in [0.1, 0.15) is 17.6 Å². The van der Waals surface area contributed by atoms with Gasteiger partial charge >= 0.3 is 0 Å². The third-order valence-electron chi connectivity index (χ3n) is 2.94. The van der Waals surface area contributed by atoms with Crippen molar-refractivity contribution >= 4 is 34.7 Å². The summed E-state index contributed by atoms with van der Waals surface area (Å²) in [5.41, 5.74) is 3.58. The molecule has 122 valence electrons. The fourth-order valence-corrected chi connectivity index (χ4v) is 2.56. The summed E-state index contributed by atoms with van der Waals surface area (Å²) in [7, 11) is 1.61. The summed E-state index contributed by atoms with van der Waals surface area (Å²) < 4.78 is 11.4. The molecule has 0 spiro atoms. The average Bonchev–Trinajstić information content (AvgIpc) is 2.60. The van der Waals surface area contributed by atoms with Crippen LogP contribution in [0.5, 0.6) is 11.5 Å². The summed E-state index contributed by atoms with van der Waals surface area (Å²) in [6.07, 6.45) is 1.53. The van der Waals surface area contributed by atoms with Crippen molar-refractivity contribution in [1.29, 1.82) is 5.26 Å². The lowest BCUT2D eigenvalue weighted by molar-refractivity contribution is -0.123. The van der Waals surface area contributed by atoms with Crippen LogP contribution in [-0.2, 0) is 4.79 Å². The number of hydrazone groups is 1. The molecule has 0 aliphatic heterocycles. The third kappa shape index (κ3) is 4.96. The van der Waals surface area contributed by atoms with Crippen molar-refractivity contribution in [3.05, 3.63) is 57.2 Å². The molecule has 0 atom stereocenters. The molecule has 0 fully saturated rings. The number of methoxy groups -OCH3 is 1. The predicted octanol–water partition coefficient (Wildman–Crippen LogP) is 2.70. The van der Waals surface area contributed by atoms with E-state index in [0.29, 0.717) is 11.3 Å². The monoisotopic (exact) mass is 435 g/mol. The number of hydrogen-bond donors (Lipinski definition) is 1. The molecule has 0 unspecified atom stereocenters. The van der Waals surface area contributed by atoms with E-state index in [-0.39, 0.29) is 6.61 Å². The zero-order valence-electron chi connectivity index (χ0n) is 12.8. The van der Waals surface area contributed by atoms with Gasteiger partial charge < -0.3 is 9.47 Å². The Kier molecular flexibility index (Phi) is 6.57. The SMILES string of the molecule is COc1ccc(C=NNC(=O)COc2ccccc2C#N)cc1I. The van der Waals surface area contributed by atoms with Crippen LogP contribution in [0.15, 0.2) is 47.6 Å². The summed E-state index contributed by atoms with van der Waals surface area (Å²) in [6, 6.07) is 14.3. The largest absolute Gasteiger partial charge is 0.496 e. The Hall–Kier alpha value is -2.60. The topological polar surface area (TPSA) is 83.7 Å². The summed E-state index contributed by atoms with van der Waals surface area (Å²) in [6.45, 7) is -0.226. The standard InChI is InChI=1S/C17H14IN3O3/c1-23-16-7-6-12(8-14(16)18)10-20-21-17(22)11-24-15-5-3-2-4-13(15)9-19/h2-8,10H,11H2,1H3,(H,21,22). The Morgan fingerprint density at radius 2 is 2.12 bits per heavy atom. The summed E-state index contributed by atoms with van der Waals surface area (Å²) in [4.78, 5) is 11.7. The van der Waals surface area contributed by atoms with E-state index in [4.69, 9.17) is 14.7 Å². The fourth-order valence-electron chi connectivity index (χ4n) is 1.80. The summed E-state index contributed by atoms with van der Waals surface area (Å²) in [5.74, 6) is 0.729. The number of para-hydroxylation sites is 1. The molecule has 1 amide bonds. The minimum atomic E-state index is -0.415. The van der Waals surface area contributed by atoms with Crippen molar-refractivity contribution < 1.29 is 14.3 Å². The number of nitrogens with one attached hydrogen (secondary N) is 1. The molecule has 2 rings (SSSR count). The van der Waals surface area contributed by atoms with Crippen LogP contribution in [0.25, 0.3) is 0 Å². The van der Waals surface area contributed by atoms with Crippen molar-refractivity contribution in [2.45, 2.75) is 0 Å². The number of rotatable bonds is 6. The van der Waals surface area contributed by atoms with Crippen molar-refractivity contribution in [3.63, 3.8) is 0 Å². The van der Waals surface area contributed by atoms with Gasteiger partial charge in [0.05, 0.1) is 22.5 Å². The quantitative estimate of drug-likeness (QED) is 0.430. The predicted molar refractivity (Wildman–Crippen MR) is 98.1 cm³/mol. The smallest absolute Gasteiger partial charge is 0.277 e. The average molecular weight is 435 g/mol. The van der Waals surface area contributed by atoms with E-state index in [1.165, 1.54) is 6.21 Å². The molecule has 0 aliphatic carbocycles. The van der Waals surface area contributed by atoms with Crippen LogP contribution in [0.2, 0.25) is 0 Å². The molecule has 0 aromatic heterocycles. The van der Waals surface area contributed by atoms with Gasteiger partial charge in [0.2, 0.25) is 0 Å². The first kappa shape index (κ1) is 17.7. The zero-order valence-corrected chi connectivity index (χ0v) is 15.0. The van der Waals surface area contributed by atoms with Gasteiger partial charge in [-0.2, -0.15) is 10.4 Å². The molecule has 0 saturated carbocycles. The van der Waals surface area contributed by atoms with Crippen molar-refractivity contribution in [3.8, 4) is 17.6 Å². The summed E-state index contributed by atoms with van der Waals surface area (Å²) >= 11 is 2.16. The number of carbonyl (C=O) groups is 1. The molecule has 0 saturated heterocycles. The summed E-state index contributed by atoms with van der Waals surface area (Å²) in [5, 5.41) is 12.8. The van der Waals surface area contributed by atoms with E-state index < -0.39 is 5.91 Å². The van der Waals surface area contributed by atoms with Gasteiger partial charge in [0.15, 0.2) is 6.61 Å². The van der Waals surface area contributed by atoms with E-state index >= 15 is 0 Å². The van der Waals surface area contributed by atoms with Crippen LogP contribution in [0.4, 0.5) is 0 Å². The highest BCUT2D eigenvalue weighted by Crippen LogP contribution is 2.20. The number of carbonyl (C=O) groups excluding carboxylic acids is 1. The highest BCUT2D eigenvalue weighted by molar-refractivity contribution is 14.1. The third-order valence-corrected chi connectivity index (χ3v) is 3.79. The number of hydrogen-bond acceptors (Lipinski definition) is 5. The zero-order chi connectivity index (χ0) is 17.4. The number of halogens is 1. The van der Waals surface area contributed by atoms with Crippen LogP contribution >= 0.6 is 22.6 Å². The molecular weight excluding hydrogens is 421 g/mol. The first-order valence-electron chi connectivity index (χ1n) is 6.91. The second-order valence-electron chi connectivity index (χ2n) is 4.58. The lowest BCUT2D eigenvalue weighted by atomic mass is 10.2. The second kappa shape index (κ2) is 8.88. The molecule has 24 heavy (non-hydrogen) atoms. The lowest BCUT2D eigenvalue weighted by Gasteiger charge is -2.06. The molecular formula is C17H14IN3O3. The van der Waals surface area contributed by atoms with Gasteiger partial charge in [0, 0.05) is 0 Å². The number of amides is 1. The fraction of sp³-hybridized carbons (Fsp3) is 0.118. The molecule has 1 N–H and O–H groups in total. The second-order valence-corrected chi connectivity index (χ2v) is 5.75. The highest BCUT2D eigenvalue weighted by atomic mass is 127. The minimum absolute atomic E-state index is 0.226. The van der Waals surface area contributed by atoms with E-state index in [0.717, 1.165) is 14.9 Å². The van der Waals surface area contributed by atoms with Gasteiger partial charge in [0.25, 0.3) is 5.91 Å². The minimum Gasteiger partial charge on any atom is -0.496 e. The Morgan fingerprint density at radius 1 is 1.33 bits per heavy atom. The number of benzene rings is 2. The number of nitrogens with zero attached hydrogens (tertiary/aromatic N) is 2. The van der Waals surface area contributed by atoms with Crippen LogP contribution in [-0.4, -0.2) is 25.8 Å². The van der Waals surface area contributed by atoms with Gasteiger partial charge in [-0.25, -0.2) is 5.43 Å². The number of nitriles is 1. The Labute approximate surface area is 153 Å². The van der Waals surface area contributed by atoms with Crippen LogP contribution in [0.3, 0.4) is 0 Å². The molecule has 6 nitrogen and oxygen atoms in total. The Bertz CT molecular complexity index is 800. The van der Waals surface area contributed by atoms with Crippen molar-refractivity contribution in [2.24, 2.45) is 5.10 Å².